The van der Waals surface area contributed by atoms with Crippen molar-refractivity contribution < 1.29 is 29.9 Å². The molecule has 190 valence electrons. The Kier molecular flexibility index (Phi) is 11.0. The van der Waals surface area contributed by atoms with Crippen LogP contribution in [-0.4, -0.2) is 88.2 Å². The van der Waals surface area contributed by atoms with Crippen LogP contribution in [0.1, 0.15) is 36.5 Å². The van der Waals surface area contributed by atoms with Gasteiger partial charge in [-0.05, 0) is 54.4 Å². The van der Waals surface area contributed by atoms with E-state index in [1.807, 2.05) is 45.2 Å². The third-order valence-corrected chi connectivity index (χ3v) is 6.24. The van der Waals surface area contributed by atoms with Crippen molar-refractivity contribution in [3.8, 4) is 5.75 Å². The summed E-state index contributed by atoms with van der Waals surface area (Å²) < 4.78 is 14.4. The first-order valence-corrected chi connectivity index (χ1v) is 11.9. The van der Waals surface area contributed by atoms with Crippen LogP contribution in [0.2, 0.25) is 5.02 Å². The second-order valence-electron chi connectivity index (χ2n) is 8.32. The van der Waals surface area contributed by atoms with E-state index in [4.69, 9.17) is 16.7 Å². The van der Waals surface area contributed by atoms with Gasteiger partial charge in [0.05, 0.1) is 11.6 Å². The van der Waals surface area contributed by atoms with Crippen LogP contribution in [0.25, 0.3) is 0 Å². The van der Waals surface area contributed by atoms with Crippen LogP contribution in [0.5, 0.6) is 5.75 Å². The number of aromatic hydroxyl groups is 1. The van der Waals surface area contributed by atoms with Gasteiger partial charge >= 0.3 is 0 Å². The molecular weight excluding hydrogens is 463 g/mol. The Labute approximate surface area is 205 Å². The molecule has 0 aliphatic carbocycles. The summed E-state index contributed by atoms with van der Waals surface area (Å²) in [7, 11) is 2.03. The molecular formula is C25H36ClFN2O5. The molecule has 0 spiro atoms. The highest BCUT2D eigenvalue weighted by Gasteiger charge is 2.31. The summed E-state index contributed by atoms with van der Waals surface area (Å²) in [5.41, 5.74) is 3.66. The van der Waals surface area contributed by atoms with Crippen molar-refractivity contribution in [2.24, 2.45) is 0 Å². The van der Waals surface area contributed by atoms with E-state index in [0.717, 1.165) is 36.2 Å². The van der Waals surface area contributed by atoms with Crippen LogP contribution in [0.4, 0.5) is 10.1 Å². The van der Waals surface area contributed by atoms with Gasteiger partial charge in [0.25, 0.3) is 0 Å². The SMILES string of the molecule is CC.CN1CCc2cc(Cl)c(O)cc2C(c2cccc(NCC(F)C(O)C(O)C(O)CO)c2)C1. The van der Waals surface area contributed by atoms with E-state index in [0.29, 0.717) is 10.7 Å². The van der Waals surface area contributed by atoms with Crippen LogP contribution in [0.15, 0.2) is 36.4 Å². The maximum absolute atomic E-state index is 14.4. The monoisotopic (exact) mass is 498 g/mol. The number of benzene rings is 2. The van der Waals surface area contributed by atoms with Gasteiger partial charge < -0.3 is 35.7 Å². The lowest BCUT2D eigenvalue weighted by molar-refractivity contribution is -0.0969. The number of likely N-dealkylation sites (N-methyl/N-ethyl adjacent to an activating group) is 1. The highest BCUT2D eigenvalue weighted by molar-refractivity contribution is 6.32. The lowest BCUT2D eigenvalue weighted by Crippen LogP contribution is -2.46. The molecule has 0 amide bonds. The molecule has 0 fully saturated rings. The number of phenolic OH excluding ortho intramolecular Hbond substituents is 1. The summed E-state index contributed by atoms with van der Waals surface area (Å²) in [6, 6.07) is 11.0. The summed E-state index contributed by atoms with van der Waals surface area (Å²) in [5, 5.41) is 51.2. The predicted molar refractivity (Wildman–Crippen MR) is 132 cm³/mol. The number of aliphatic hydroxyl groups excluding tert-OH is 4. The van der Waals surface area contributed by atoms with Crippen molar-refractivity contribution in [1.82, 2.24) is 4.90 Å². The van der Waals surface area contributed by atoms with Gasteiger partial charge in [0, 0.05) is 31.2 Å². The average Bonchev–Trinajstić information content (AvgIpc) is 3.01. The lowest BCUT2D eigenvalue weighted by Gasteiger charge is -2.25. The number of fused-ring (bicyclic) bond motifs is 1. The van der Waals surface area contributed by atoms with Crippen molar-refractivity contribution in [3.05, 3.63) is 58.1 Å². The van der Waals surface area contributed by atoms with Gasteiger partial charge in [0.2, 0.25) is 0 Å². The van der Waals surface area contributed by atoms with Crippen molar-refractivity contribution >= 4 is 17.3 Å². The Hall–Kier alpha value is -1.94. The largest absolute Gasteiger partial charge is 0.506 e. The van der Waals surface area contributed by atoms with Crippen molar-refractivity contribution in [2.45, 2.75) is 50.7 Å². The van der Waals surface area contributed by atoms with Crippen LogP contribution < -0.4 is 5.32 Å². The molecule has 5 atom stereocenters. The standard InChI is InChI=1S/C23H30ClFN2O5.C2H6/c1-27-6-5-14-8-18(24)20(29)9-16(14)17(11-27)13-3-2-4-15(7-13)26-10-19(25)22(31)23(32)21(30)12-28;1-2/h2-4,7-9,17,19,21-23,26,28-32H,5-6,10-12H2,1H3;1-2H3. The molecule has 6 N–H and O–H groups in total. The molecule has 0 aromatic heterocycles. The fourth-order valence-corrected chi connectivity index (χ4v) is 4.19. The van der Waals surface area contributed by atoms with E-state index in [-0.39, 0.29) is 18.2 Å². The van der Waals surface area contributed by atoms with Gasteiger partial charge in [0.15, 0.2) is 0 Å². The summed E-state index contributed by atoms with van der Waals surface area (Å²) >= 11 is 6.12. The fourth-order valence-electron chi connectivity index (χ4n) is 4.01. The minimum Gasteiger partial charge on any atom is -0.506 e. The zero-order chi connectivity index (χ0) is 25.4. The van der Waals surface area contributed by atoms with E-state index in [1.165, 1.54) is 0 Å². The maximum Gasteiger partial charge on any atom is 0.146 e. The quantitative estimate of drug-likeness (QED) is 0.331. The van der Waals surface area contributed by atoms with Crippen LogP contribution in [0.3, 0.4) is 0 Å². The third-order valence-electron chi connectivity index (χ3n) is 5.93. The van der Waals surface area contributed by atoms with Crippen LogP contribution in [-0.2, 0) is 6.42 Å². The van der Waals surface area contributed by atoms with Gasteiger partial charge in [0.1, 0.15) is 30.2 Å². The van der Waals surface area contributed by atoms with E-state index in [9.17, 15) is 24.8 Å². The highest BCUT2D eigenvalue weighted by atomic mass is 35.5. The molecule has 1 aliphatic rings. The highest BCUT2D eigenvalue weighted by Crippen LogP contribution is 2.37. The molecule has 1 aliphatic heterocycles. The normalized spacial score (nSPS) is 19.6. The Balaban J connectivity index is 0.00000199. The van der Waals surface area contributed by atoms with Crippen molar-refractivity contribution in [2.75, 3.05) is 38.6 Å². The minimum atomic E-state index is -1.86. The number of rotatable bonds is 8. The zero-order valence-corrected chi connectivity index (χ0v) is 20.6. The number of phenols is 1. The molecule has 0 bridgehead atoms. The first-order valence-electron chi connectivity index (χ1n) is 11.5. The summed E-state index contributed by atoms with van der Waals surface area (Å²) in [5.74, 6) is 0.00263. The number of aliphatic hydroxyl groups is 4. The van der Waals surface area contributed by atoms with Crippen LogP contribution >= 0.6 is 11.6 Å². The number of anilines is 1. The van der Waals surface area contributed by atoms with Gasteiger partial charge in [-0.3, -0.25) is 0 Å². The Bertz CT molecular complexity index is 919. The maximum atomic E-state index is 14.4. The topological polar surface area (TPSA) is 116 Å². The second-order valence-corrected chi connectivity index (χ2v) is 8.73. The molecule has 0 radical (unpaired) electrons. The molecule has 2 aromatic rings. The van der Waals surface area contributed by atoms with Gasteiger partial charge in [-0.2, -0.15) is 0 Å². The molecule has 1 heterocycles. The zero-order valence-electron chi connectivity index (χ0n) is 19.8. The molecule has 0 saturated carbocycles. The number of alkyl halides is 1. The van der Waals surface area contributed by atoms with Gasteiger partial charge in [-0.1, -0.05) is 37.6 Å². The Morgan fingerprint density at radius 1 is 1.15 bits per heavy atom. The number of nitrogens with zero attached hydrogens (tertiary/aromatic N) is 1. The van der Waals surface area contributed by atoms with Gasteiger partial charge in [-0.25, -0.2) is 4.39 Å². The van der Waals surface area contributed by atoms with E-state index < -0.39 is 31.1 Å². The molecule has 34 heavy (non-hydrogen) atoms. The summed E-state index contributed by atoms with van der Waals surface area (Å²) in [4.78, 5) is 2.21. The average molecular weight is 499 g/mol. The number of hydrogen-bond donors (Lipinski definition) is 6. The second kappa shape index (κ2) is 13.2. The molecule has 7 nitrogen and oxygen atoms in total. The number of hydrogen-bond acceptors (Lipinski definition) is 7. The lowest BCUT2D eigenvalue weighted by atomic mass is 9.87. The van der Waals surface area contributed by atoms with Crippen molar-refractivity contribution in [3.63, 3.8) is 0 Å². The Morgan fingerprint density at radius 3 is 2.53 bits per heavy atom. The van der Waals surface area contributed by atoms with Crippen LogP contribution in [0, 0.1) is 0 Å². The van der Waals surface area contributed by atoms with E-state index in [2.05, 4.69) is 10.2 Å². The van der Waals surface area contributed by atoms with E-state index >= 15 is 0 Å². The number of halogens is 2. The molecule has 2 aromatic carbocycles. The Morgan fingerprint density at radius 2 is 1.85 bits per heavy atom. The first-order chi connectivity index (χ1) is 16.2. The van der Waals surface area contributed by atoms with E-state index in [1.54, 1.807) is 12.1 Å². The summed E-state index contributed by atoms with van der Waals surface area (Å²) in [6.45, 7) is 4.51. The predicted octanol–water partition coefficient (Wildman–Crippen LogP) is 2.52. The van der Waals surface area contributed by atoms with Gasteiger partial charge in [-0.15, -0.1) is 0 Å². The molecule has 3 rings (SSSR count). The minimum absolute atomic E-state index is 0.0318. The molecule has 9 heteroatoms. The van der Waals surface area contributed by atoms with Crippen molar-refractivity contribution in [1.29, 1.82) is 0 Å². The smallest absolute Gasteiger partial charge is 0.146 e. The summed E-state index contributed by atoms with van der Waals surface area (Å²) in [6.07, 6.45) is -6.31. The first kappa shape index (κ1) is 28.3. The number of nitrogens with one attached hydrogen (secondary N) is 1. The molecule has 5 unspecified atom stereocenters. The fraction of sp³-hybridized carbons (Fsp3) is 0.520. The third kappa shape index (κ3) is 7.04. The molecule has 0 saturated heterocycles.